The number of hydrogen-bond donors (Lipinski definition) is 1. The zero-order valence-electron chi connectivity index (χ0n) is 12.6. The van der Waals surface area contributed by atoms with E-state index >= 15 is 0 Å². The van der Waals surface area contributed by atoms with Crippen LogP contribution in [0.4, 0.5) is 10.1 Å². The summed E-state index contributed by atoms with van der Waals surface area (Å²) in [6.45, 7) is 1.37. The third-order valence-corrected chi connectivity index (χ3v) is 5.73. The van der Waals surface area contributed by atoms with Gasteiger partial charge in [0.1, 0.15) is 10.2 Å². The summed E-state index contributed by atoms with van der Waals surface area (Å²) in [4.78, 5) is 18.2. The number of nitrogens with one attached hydrogen (secondary N) is 1. The summed E-state index contributed by atoms with van der Waals surface area (Å²) in [6.07, 6.45) is 3.24. The van der Waals surface area contributed by atoms with Crippen molar-refractivity contribution in [1.29, 1.82) is 0 Å². The molecule has 0 saturated carbocycles. The molecule has 1 atom stereocenters. The Morgan fingerprint density at radius 2 is 2.39 bits per heavy atom. The molecule has 1 aliphatic rings. The largest absolute Gasteiger partial charge is 0.383 e. The molecule has 0 spiro atoms. The van der Waals surface area contributed by atoms with Crippen molar-refractivity contribution in [3.63, 3.8) is 0 Å². The number of carbonyl (C=O) groups is 1. The van der Waals surface area contributed by atoms with Gasteiger partial charge >= 0.3 is 0 Å². The summed E-state index contributed by atoms with van der Waals surface area (Å²) < 4.78 is 14.2. The summed E-state index contributed by atoms with van der Waals surface area (Å²) in [5, 5.41) is 5.18. The zero-order valence-corrected chi connectivity index (χ0v) is 14.2. The summed E-state index contributed by atoms with van der Waals surface area (Å²) in [5.41, 5.74) is 0.751. The Hall–Kier alpha value is -1.60. The highest BCUT2D eigenvalue weighted by molar-refractivity contribution is 8.01. The van der Waals surface area contributed by atoms with Crippen molar-refractivity contribution in [2.45, 2.75) is 23.2 Å². The van der Waals surface area contributed by atoms with Crippen LogP contribution < -0.4 is 5.32 Å². The monoisotopic (exact) mass is 351 g/mol. The quantitative estimate of drug-likeness (QED) is 0.776. The van der Waals surface area contributed by atoms with Crippen LogP contribution >= 0.6 is 23.1 Å². The van der Waals surface area contributed by atoms with E-state index < -0.39 is 0 Å². The maximum Gasteiger partial charge on any atom is 0.222 e. The molecule has 0 radical (unpaired) electrons. The molecule has 0 aliphatic carbocycles. The second-order valence-corrected chi connectivity index (χ2v) is 7.55. The van der Waals surface area contributed by atoms with Gasteiger partial charge in [0.05, 0.1) is 0 Å². The van der Waals surface area contributed by atoms with E-state index in [1.54, 1.807) is 35.4 Å². The van der Waals surface area contributed by atoms with Gasteiger partial charge in [0, 0.05) is 48.6 Å². The molecule has 1 aromatic carbocycles. The number of rotatable bonds is 7. The Balaban J connectivity index is 1.50. The molecule has 122 valence electrons. The summed E-state index contributed by atoms with van der Waals surface area (Å²) >= 11 is 3.29. The molecule has 7 heteroatoms. The minimum Gasteiger partial charge on any atom is -0.383 e. The highest BCUT2D eigenvalue weighted by Crippen LogP contribution is 2.23. The molecule has 3 rings (SSSR count). The molecule has 4 nitrogen and oxygen atoms in total. The number of amides is 1. The fraction of sp³-hybridized carbons (Fsp3) is 0.375. The van der Waals surface area contributed by atoms with Gasteiger partial charge in [-0.3, -0.25) is 4.79 Å². The Morgan fingerprint density at radius 3 is 3.17 bits per heavy atom. The van der Waals surface area contributed by atoms with E-state index in [1.165, 1.54) is 12.1 Å². The first-order valence-electron chi connectivity index (χ1n) is 7.53. The first kappa shape index (κ1) is 16.3. The van der Waals surface area contributed by atoms with Crippen molar-refractivity contribution < 1.29 is 9.18 Å². The summed E-state index contributed by atoms with van der Waals surface area (Å²) in [5.74, 6) is 0.792. The summed E-state index contributed by atoms with van der Waals surface area (Å²) in [6, 6.07) is 6.58. The minimum atomic E-state index is -0.255. The lowest BCUT2D eigenvalue weighted by Crippen LogP contribution is -2.39. The van der Waals surface area contributed by atoms with Gasteiger partial charge in [-0.15, -0.1) is 11.3 Å². The second-order valence-electron chi connectivity index (χ2n) is 5.32. The lowest BCUT2D eigenvalue weighted by atomic mass is 10.2. The van der Waals surface area contributed by atoms with E-state index in [0.717, 1.165) is 28.7 Å². The molecular weight excluding hydrogens is 333 g/mol. The van der Waals surface area contributed by atoms with Gasteiger partial charge in [-0.25, -0.2) is 9.37 Å². The molecule has 1 aliphatic heterocycles. The Morgan fingerprint density at radius 1 is 1.48 bits per heavy atom. The van der Waals surface area contributed by atoms with E-state index in [4.69, 9.17) is 0 Å². The molecule has 1 fully saturated rings. The molecule has 2 aromatic rings. The fourth-order valence-corrected chi connectivity index (χ4v) is 4.31. The first-order chi connectivity index (χ1) is 11.2. The second kappa shape index (κ2) is 7.79. The molecule has 1 amide bonds. The van der Waals surface area contributed by atoms with E-state index in [1.807, 2.05) is 16.3 Å². The number of aromatic nitrogens is 1. The number of hydrogen-bond acceptors (Lipinski definition) is 5. The number of likely N-dealkylation sites (tertiary alicyclic amines) is 1. The van der Waals surface area contributed by atoms with Crippen molar-refractivity contribution in [3.05, 3.63) is 41.7 Å². The maximum atomic E-state index is 13.2. The third-order valence-electron chi connectivity index (χ3n) is 3.79. The molecule has 2 heterocycles. The van der Waals surface area contributed by atoms with Crippen LogP contribution in [-0.4, -0.2) is 40.7 Å². The number of thioether (sulfide) groups is 1. The van der Waals surface area contributed by atoms with E-state index in [0.29, 0.717) is 13.0 Å². The average molecular weight is 351 g/mol. The van der Waals surface area contributed by atoms with E-state index in [9.17, 15) is 9.18 Å². The predicted molar refractivity (Wildman–Crippen MR) is 92.5 cm³/mol. The number of anilines is 1. The molecule has 23 heavy (non-hydrogen) atoms. The van der Waals surface area contributed by atoms with Crippen LogP contribution in [0.1, 0.15) is 12.8 Å². The van der Waals surface area contributed by atoms with Crippen LogP contribution in [0.15, 0.2) is 40.2 Å². The SMILES string of the molecule is O=C1CC[C@H](CNc2cccc(F)c2)N1CCSc1nccs1. The van der Waals surface area contributed by atoms with Gasteiger partial charge in [0.2, 0.25) is 5.91 Å². The average Bonchev–Trinajstić information content (AvgIpc) is 3.17. The minimum absolute atomic E-state index is 0.169. The van der Waals surface area contributed by atoms with Gasteiger partial charge in [-0.05, 0) is 24.6 Å². The van der Waals surface area contributed by atoms with Gasteiger partial charge in [-0.1, -0.05) is 17.8 Å². The smallest absolute Gasteiger partial charge is 0.222 e. The molecule has 1 saturated heterocycles. The fourth-order valence-electron chi connectivity index (χ4n) is 2.66. The predicted octanol–water partition coefficient (Wildman–Crippen LogP) is 3.48. The molecule has 0 bridgehead atoms. The highest BCUT2D eigenvalue weighted by Gasteiger charge is 2.30. The third kappa shape index (κ3) is 4.45. The molecule has 1 N–H and O–H groups in total. The van der Waals surface area contributed by atoms with Crippen molar-refractivity contribution in [3.8, 4) is 0 Å². The number of thiazole rings is 1. The lowest BCUT2D eigenvalue weighted by molar-refractivity contribution is -0.128. The van der Waals surface area contributed by atoms with E-state index in [-0.39, 0.29) is 17.8 Å². The van der Waals surface area contributed by atoms with Gasteiger partial charge in [0.15, 0.2) is 0 Å². The van der Waals surface area contributed by atoms with Crippen LogP contribution in [0, 0.1) is 5.82 Å². The maximum absolute atomic E-state index is 13.2. The number of benzene rings is 1. The van der Waals surface area contributed by atoms with Crippen LogP contribution in [0.25, 0.3) is 0 Å². The molecular formula is C16H18FN3OS2. The van der Waals surface area contributed by atoms with Gasteiger partial charge in [-0.2, -0.15) is 0 Å². The Kier molecular flexibility index (Phi) is 5.51. The summed E-state index contributed by atoms with van der Waals surface area (Å²) in [7, 11) is 0. The van der Waals surface area contributed by atoms with Crippen LogP contribution in [0.3, 0.4) is 0 Å². The Bertz CT molecular complexity index is 651. The van der Waals surface area contributed by atoms with Crippen molar-refractivity contribution in [1.82, 2.24) is 9.88 Å². The zero-order chi connectivity index (χ0) is 16.1. The standard InChI is InChI=1S/C16H18FN3OS2/c17-12-2-1-3-13(10-12)19-11-14-4-5-15(21)20(14)7-9-23-16-18-6-8-22-16/h1-3,6,8,10,14,19H,4-5,7,9,11H2/t14-/m1/s1. The van der Waals surface area contributed by atoms with Gasteiger partial charge in [0.25, 0.3) is 0 Å². The van der Waals surface area contributed by atoms with E-state index in [2.05, 4.69) is 10.3 Å². The topological polar surface area (TPSA) is 45.2 Å². The molecule has 0 unspecified atom stereocenters. The van der Waals surface area contributed by atoms with Crippen molar-refractivity contribution >= 4 is 34.7 Å². The molecule has 1 aromatic heterocycles. The van der Waals surface area contributed by atoms with Crippen LogP contribution in [0.2, 0.25) is 0 Å². The Labute approximate surface area is 143 Å². The first-order valence-corrected chi connectivity index (χ1v) is 9.40. The number of nitrogens with zero attached hydrogens (tertiary/aromatic N) is 2. The van der Waals surface area contributed by atoms with Crippen molar-refractivity contribution in [2.75, 3.05) is 24.2 Å². The number of halogens is 1. The normalized spacial score (nSPS) is 17.7. The van der Waals surface area contributed by atoms with Crippen LogP contribution in [-0.2, 0) is 4.79 Å². The highest BCUT2D eigenvalue weighted by atomic mass is 32.2. The van der Waals surface area contributed by atoms with Crippen LogP contribution in [0.5, 0.6) is 0 Å². The van der Waals surface area contributed by atoms with Gasteiger partial charge < -0.3 is 10.2 Å². The number of carbonyl (C=O) groups excluding carboxylic acids is 1. The van der Waals surface area contributed by atoms with Crippen molar-refractivity contribution in [2.24, 2.45) is 0 Å². The lowest BCUT2D eigenvalue weighted by Gasteiger charge is -2.25.